The van der Waals surface area contributed by atoms with Crippen molar-refractivity contribution in [1.29, 1.82) is 0 Å². The molecule has 8 nitrogen and oxygen atoms in total. The third-order valence-electron chi connectivity index (χ3n) is 5.64. The van der Waals surface area contributed by atoms with E-state index in [1.165, 1.54) is 6.07 Å². The molecule has 0 bridgehead atoms. The van der Waals surface area contributed by atoms with Gasteiger partial charge in [0.2, 0.25) is 0 Å². The summed E-state index contributed by atoms with van der Waals surface area (Å²) < 4.78 is 14.5. The van der Waals surface area contributed by atoms with E-state index in [4.69, 9.17) is 0 Å². The van der Waals surface area contributed by atoms with Crippen LogP contribution in [0.25, 0.3) is 11.0 Å². The molecular weight excluding hydrogens is 399 g/mol. The van der Waals surface area contributed by atoms with Gasteiger partial charge in [-0.2, -0.15) is 0 Å². The third-order valence-corrected chi connectivity index (χ3v) is 5.64. The molecule has 0 spiro atoms. The molecule has 4 rings (SSSR count). The van der Waals surface area contributed by atoms with Crippen LogP contribution < -0.4 is 15.8 Å². The highest BCUT2D eigenvalue weighted by Crippen LogP contribution is 2.22. The number of nitrogens with zero attached hydrogens (tertiary/aromatic N) is 4. The molecule has 1 aromatic carbocycles. The van der Waals surface area contributed by atoms with Crippen molar-refractivity contribution >= 4 is 22.6 Å². The van der Waals surface area contributed by atoms with Gasteiger partial charge in [0, 0.05) is 39.3 Å². The molecule has 162 valence electrons. The van der Waals surface area contributed by atoms with E-state index in [9.17, 15) is 14.0 Å². The number of hydrogen-bond acceptors (Lipinski definition) is 6. The van der Waals surface area contributed by atoms with E-state index in [1.54, 1.807) is 32.3 Å². The van der Waals surface area contributed by atoms with Crippen molar-refractivity contribution in [3.63, 3.8) is 0 Å². The number of carbonyl (C=O) groups is 1. The summed E-state index contributed by atoms with van der Waals surface area (Å²) >= 11 is 0. The van der Waals surface area contributed by atoms with Crippen LogP contribution in [0.5, 0.6) is 0 Å². The highest BCUT2D eigenvalue weighted by Gasteiger charge is 2.24. The second-order valence-corrected chi connectivity index (χ2v) is 7.88. The Morgan fingerprint density at radius 3 is 2.81 bits per heavy atom. The van der Waals surface area contributed by atoms with Crippen molar-refractivity contribution in [2.75, 3.05) is 31.6 Å². The molecule has 2 aromatic heterocycles. The number of piperazine rings is 1. The van der Waals surface area contributed by atoms with Crippen LogP contribution in [0.4, 0.5) is 10.1 Å². The predicted octanol–water partition coefficient (Wildman–Crippen LogP) is 1.84. The van der Waals surface area contributed by atoms with Crippen molar-refractivity contribution in [2.45, 2.75) is 26.4 Å². The van der Waals surface area contributed by atoms with Gasteiger partial charge >= 0.3 is 0 Å². The molecule has 1 saturated heterocycles. The Morgan fingerprint density at radius 1 is 1.32 bits per heavy atom. The maximum absolute atomic E-state index is 14.5. The van der Waals surface area contributed by atoms with E-state index in [0.29, 0.717) is 17.8 Å². The van der Waals surface area contributed by atoms with Crippen LogP contribution >= 0.6 is 0 Å². The van der Waals surface area contributed by atoms with Crippen LogP contribution in [0.3, 0.4) is 0 Å². The number of amides is 1. The number of aromatic amines is 1. The number of fused-ring (bicyclic) bond motifs is 1. The number of aryl methyl sites for hydroxylation is 1. The fraction of sp³-hybridized carbons (Fsp3) is 0.364. The van der Waals surface area contributed by atoms with Crippen LogP contribution in [0.1, 0.15) is 28.7 Å². The molecule has 0 saturated carbocycles. The third kappa shape index (κ3) is 4.27. The van der Waals surface area contributed by atoms with Gasteiger partial charge < -0.3 is 15.2 Å². The smallest absolute Gasteiger partial charge is 0.269 e. The zero-order chi connectivity index (χ0) is 22.1. The number of carbonyl (C=O) groups excluding carboxylic acids is 1. The van der Waals surface area contributed by atoms with Gasteiger partial charge in [-0.15, -0.1) is 0 Å². The number of pyridine rings is 1. The van der Waals surface area contributed by atoms with Gasteiger partial charge in [0.15, 0.2) is 5.82 Å². The Hall–Kier alpha value is -3.33. The first-order valence-electron chi connectivity index (χ1n) is 10.2. The fourth-order valence-electron chi connectivity index (χ4n) is 4.02. The topological polar surface area (TPSA) is 94.2 Å². The molecule has 2 N–H and O–H groups in total. The Labute approximate surface area is 179 Å². The number of H-pyrrole nitrogens is 1. The highest BCUT2D eigenvalue weighted by molar-refractivity contribution is 5.92. The first kappa shape index (κ1) is 20.9. The minimum atomic E-state index is -0.430. The molecule has 3 aromatic rings. The van der Waals surface area contributed by atoms with Gasteiger partial charge in [-0.25, -0.2) is 14.4 Å². The number of benzene rings is 1. The van der Waals surface area contributed by atoms with E-state index in [2.05, 4.69) is 37.0 Å². The molecule has 1 aliphatic heterocycles. The summed E-state index contributed by atoms with van der Waals surface area (Å²) in [5.74, 6) is -0.639. The Bertz CT molecular complexity index is 1180. The lowest BCUT2D eigenvalue weighted by Gasteiger charge is -2.41. The van der Waals surface area contributed by atoms with Crippen molar-refractivity contribution in [3.8, 4) is 0 Å². The minimum Gasteiger partial charge on any atom is -0.365 e. The van der Waals surface area contributed by atoms with Crippen molar-refractivity contribution in [3.05, 3.63) is 63.6 Å². The number of hydrogen-bond donors (Lipinski definition) is 2. The zero-order valence-corrected chi connectivity index (χ0v) is 17.8. The number of nitrogens with one attached hydrogen (secondary N) is 2. The number of rotatable bonds is 4. The fourth-order valence-corrected chi connectivity index (χ4v) is 4.02. The molecule has 1 fully saturated rings. The lowest BCUT2D eigenvalue weighted by Crippen LogP contribution is -2.51. The first-order valence-corrected chi connectivity index (χ1v) is 10.2. The summed E-state index contributed by atoms with van der Waals surface area (Å²) in [5.41, 5.74) is 2.70. The molecule has 0 aliphatic carbocycles. The average Bonchev–Trinajstić information content (AvgIpc) is 2.75. The van der Waals surface area contributed by atoms with Crippen LogP contribution in [-0.4, -0.2) is 58.5 Å². The Balaban J connectivity index is 1.46. The molecule has 1 amide bonds. The van der Waals surface area contributed by atoms with Gasteiger partial charge in [-0.05, 0) is 43.7 Å². The summed E-state index contributed by atoms with van der Waals surface area (Å²) in [7, 11) is 1.58. The average molecular weight is 424 g/mol. The Morgan fingerprint density at radius 2 is 2.13 bits per heavy atom. The standard InChI is InChI=1S/C22H25FN6O2/c1-13-11-28(6-7-29(13)16-4-5-18(25-10-16)22(31)24-3)12-15-8-17(23)20-19(9-15)27-21(30)14(2)26-20/h4-5,8-10,13H,6-7,11-12H2,1-3H3,(H,24,31)(H,27,30)/t13-/m1/s1. The Kier molecular flexibility index (Phi) is 5.69. The van der Waals surface area contributed by atoms with E-state index in [-0.39, 0.29) is 28.7 Å². The maximum Gasteiger partial charge on any atom is 0.269 e. The quantitative estimate of drug-likeness (QED) is 0.664. The van der Waals surface area contributed by atoms with Crippen LogP contribution in [0.15, 0.2) is 35.3 Å². The van der Waals surface area contributed by atoms with Crippen LogP contribution in [0, 0.1) is 12.7 Å². The van der Waals surface area contributed by atoms with Crippen LogP contribution in [-0.2, 0) is 6.54 Å². The van der Waals surface area contributed by atoms with Gasteiger partial charge in [0.05, 0.1) is 17.4 Å². The molecule has 0 unspecified atom stereocenters. The number of halogens is 1. The molecule has 3 heterocycles. The van der Waals surface area contributed by atoms with E-state index < -0.39 is 5.82 Å². The molecule has 0 radical (unpaired) electrons. The van der Waals surface area contributed by atoms with Crippen molar-refractivity contribution in [2.24, 2.45) is 0 Å². The van der Waals surface area contributed by atoms with Gasteiger partial charge in [-0.3, -0.25) is 14.5 Å². The van der Waals surface area contributed by atoms with Crippen molar-refractivity contribution in [1.82, 2.24) is 25.2 Å². The first-order chi connectivity index (χ1) is 14.9. The minimum absolute atomic E-state index is 0.187. The zero-order valence-electron chi connectivity index (χ0n) is 17.8. The van der Waals surface area contributed by atoms with Crippen molar-refractivity contribution < 1.29 is 9.18 Å². The van der Waals surface area contributed by atoms with E-state index >= 15 is 0 Å². The monoisotopic (exact) mass is 424 g/mol. The van der Waals surface area contributed by atoms with Gasteiger partial charge in [0.25, 0.3) is 11.5 Å². The molecule has 31 heavy (non-hydrogen) atoms. The van der Waals surface area contributed by atoms with Crippen LogP contribution in [0.2, 0.25) is 0 Å². The summed E-state index contributed by atoms with van der Waals surface area (Å²) in [4.78, 5) is 39.1. The summed E-state index contributed by atoms with van der Waals surface area (Å²) in [6.07, 6.45) is 1.72. The SMILES string of the molecule is CNC(=O)c1ccc(N2CCN(Cc3cc(F)c4nc(C)c(=O)[nH]c4c3)C[C@H]2C)cn1. The molecule has 1 aliphatic rings. The molecule has 9 heteroatoms. The number of anilines is 1. The number of aromatic nitrogens is 3. The summed E-state index contributed by atoms with van der Waals surface area (Å²) in [6.45, 7) is 6.64. The molecule has 1 atom stereocenters. The summed E-state index contributed by atoms with van der Waals surface area (Å²) in [6, 6.07) is 7.14. The predicted molar refractivity (Wildman–Crippen MR) is 117 cm³/mol. The van der Waals surface area contributed by atoms with E-state index in [0.717, 1.165) is 30.9 Å². The second kappa shape index (κ2) is 8.43. The lowest BCUT2D eigenvalue weighted by molar-refractivity contribution is 0.0958. The van der Waals surface area contributed by atoms with Gasteiger partial charge in [-0.1, -0.05) is 0 Å². The maximum atomic E-state index is 14.5. The molecular formula is C22H25FN6O2. The summed E-state index contributed by atoms with van der Waals surface area (Å²) in [5, 5.41) is 2.57. The largest absolute Gasteiger partial charge is 0.365 e. The lowest BCUT2D eigenvalue weighted by atomic mass is 10.1. The van der Waals surface area contributed by atoms with Gasteiger partial charge in [0.1, 0.15) is 16.9 Å². The normalized spacial score (nSPS) is 17.2. The second-order valence-electron chi connectivity index (χ2n) is 7.88. The highest BCUT2D eigenvalue weighted by atomic mass is 19.1. The van der Waals surface area contributed by atoms with E-state index in [1.807, 2.05) is 6.07 Å².